The minimum atomic E-state index is -0.619. The van der Waals surface area contributed by atoms with Gasteiger partial charge in [-0.15, -0.1) is 11.3 Å². The number of benzene rings is 3. The first kappa shape index (κ1) is 27.1. The van der Waals surface area contributed by atoms with Crippen molar-refractivity contribution in [3.05, 3.63) is 97.8 Å². The van der Waals surface area contributed by atoms with Crippen LogP contribution in [0.2, 0.25) is 0 Å². The molecule has 0 fully saturated rings. The number of aryl methyl sites for hydroxylation is 1. The Bertz CT molecular complexity index is 1580. The molecule has 1 amide bonds. The number of carbonyl (C=O) groups is 2. The summed E-state index contributed by atoms with van der Waals surface area (Å²) in [6.45, 7) is 5.93. The van der Waals surface area contributed by atoms with Crippen LogP contribution < -0.4 is 10.1 Å². The van der Waals surface area contributed by atoms with E-state index in [1.807, 2.05) is 73.7 Å². The smallest absolute Gasteiger partial charge is 0.341 e. The number of hydrogen-bond acceptors (Lipinski definition) is 6. The normalized spacial score (nSPS) is 11.2. The van der Waals surface area contributed by atoms with Crippen LogP contribution in [0.4, 0.5) is 5.00 Å². The number of fused-ring (bicyclic) bond motifs is 1. The Hall–Kier alpha value is -3.93. The molecule has 3 aromatic carbocycles. The average Bonchev–Trinajstić information content (AvgIpc) is 3.19. The maximum Gasteiger partial charge on any atom is 0.341 e. The van der Waals surface area contributed by atoms with Crippen LogP contribution in [0.3, 0.4) is 0 Å². The zero-order valence-electron chi connectivity index (χ0n) is 21.1. The Morgan fingerprint density at radius 3 is 2.53 bits per heavy atom. The number of carbonyl (C=O) groups excluding carboxylic acids is 2. The highest BCUT2D eigenvalue weighted by atomic mass is 79.9. The molecule has 38 heavy (non-hydrogen) atoms. The SMILES string of the molecule is CCOC(=O)c1c(NC(=O)/C(C#N)=C/c2c(OCc3ccc(Br)cc3)ccc3ccccc23)sc(C)c1C. The standard InChI is InChI=1S/C30H25BrN2O4S/c1-4-36-30(35)27-18(2)19(3)38-29(27)33-28(34)22(16-32)15-25-24-8-6-5-7-21(24)11-14-26(25)37-17-20-9-12-23(31)13-10-20/h5-15H,4,17H2,1-3H3,(H,33,34)/b22-15+. The summed E-state index contributed by atoms with van der Waals surface area (Å²) >= 11 is 4.71. The number of nitrogens with one attached hydrogen (secondary N) is 1. The highest BCUT2D eigenvalue weighted by Crippen LogP contribution is 2.34. The second kappa shape index (κ2) is 12.1. The molecular formula is C30H25BrN2O4S. The molecule has 0 saturated carbocycles. The Kier molecular flexibility index (Phi) is 8.62. The zero-order chi connectivity index (χ0) is 27.2. The minimum Gasteiger partial charge on any atom is -0.488 e. The van der Waals surface area contributed by atoms with Crippen molar-refractivity contribution in [2.75, 3.05) is 11.9 Å². The van der Waals surface area contributed by atoms with Gasteiger partial charge in [-0.3, -0.25) is 4.79 Å². The van der Waals surface area contributed by atoms with Crippen molar-refractivity contribution in [1.29, 1.82) is 5.26 Å². The van der Waals surface area contributed by atoms with Crippen LogP contribution in [0.1, 0.15) is 38.8 Å². The van der Waals surface area contributed by atoms with Crippen molar-refractivity contribution >= 4 is 61.0 Å². The molecule has 6 nitrogen and oxygen atoms in total. The molecule has 4 aromatic rings. The van der Waals surface area contributed by atoms with Gasteiger partial charge in [-0.25, -0.2) is 4.79 Å². The number of rotatable bonds is 8. The van der Waals surface area contributed by atoms with Gasteiger partial charge in [0.15, 0.2) is 0 Å². The number of esters is 1. The summed E-state index contributed by atoms with van der Waals surface area (Å²) < 4.78 is 12.3. The number of halogens is 1. The quantitative estimate of drug-likeness (QED) is 0.130. The highest BCUT2D eigenvalue weighted by Gasteiger charge is 2.23. The minimum absolute atomic E-state index is 0.117. The predicted octanol–water partition coefficient (Wildman–Crippen LogP) is 7.58. The average molecular weight is 590 g/mol. The first-order chi connectivity index (χ1) is 18.3. The van der Waals surface area contributed by atoms with Crippen molar-refractivity contribution in [2.45, 2.75) is 27.4 Å². The van der Waals surface area contributed by atoms with E-state index in [1.165, 1.54) is 17.4 Å². The number of anilines is 1. The van der Waals surface area contributed by atoms with E-state index in [1.54, 1.807) is 13.8 Å². The number of nitrogens with zero attached hydrogens (tertiary/aromatic N) is 1. The fraction of sp³-hybridized carbons (Fsp3) is 0.167. The lowest BCUT2D eigenvalue weighted by molar-refractivity contribution is -0.112. The van der Waals surface area contributed by atoms with Gasteiger partial charge >= 0.3 is 5.97 Å². The summed E-state index contributed by atoms with van der Waals surface area (Å²) in [6, 6.07) is 21.3. The Morgan fingerprint density at radius 1 is 1.08 bits per heavy atom. The van der Waals surface area contributed by atoms with Crippen LogP contribution >= 0.6 is 27.3 Å². The van der Waals surface area contributed by atoms with Gasteiger partial charge in [-0.05, 0) is 66.9 Å². The van der Waals surface area contributed by atoms with Crippen molar-refractivity contribution < 1.29 is 19.1 Å². The lowest BCUT2D eigenvalue weighted by Crippen LogP contribution is -2.16. The van der Waals surface area contributed by atoms with Gasteiger partial charge in [0.1, 0.15) is 29.0 Å². The third-order valence-electron chi connectivity index (χ3n) is 5.98. The molecule has 0 bridgehead atoms. The van der Waals surface area contributed by atoms with Gasteiger partial charge in [0.2, 0.25) is 0 Å². The molecule has 0 spiro atoms. The topological polar surface area (TPSA) is 88.4 Å². The zero-order valence-corrected chi connectivity index (χ0v) is 23.5. The number of hydrogen-bond donors (Lipinski definition) is 1. The van der Waals surface area contributed by atoms with Crippen LogP contribution in [0.25, 0.3) is 16.8 Å². The summed E-state index contributed by atoms with van der Waals surface area (Å²) in [4.78, 5) is 26.7. The third-order valence-corrected chi connectivity index (χ3v) is 7.64. The maximum atomic E-state index is 13.3. The summed E-state index contributed by atoms with van der Waals surface area (Å²) in [7, 11) is 0. The molecule has 1 N–H and O–H groups in total. The van der Waals surface area contributed by atoms with Crippen molar-refractivity contribution in [2.24, 2.45) is 0 Å². The van der Waals surface area contributed by atoms with Crippen LogP contribution in [0, 0.1) is 25.2 Å². The largest absolute Gasteiger partial charge is 0.488 e. The monoisotopic (exact) mass is 588 g/mol. The molecule has 0 aliphatic rings. The number of amides is 1. The second-order valence-electron chi connectivity index (χ2n) is 8.45. The lowest BCUT2D eigenvalue weighted by Gasteiger charge is -2.13. The van der Waals surface area contributed by atoms with E-state index >= 15 is 0 Å². The van der Waals surface area contributed by atoms with Crippen LogP contribution in [-0.2, 0) is 16.1 Å². The van der Waals surface area contributed by atoms with Crippen molar-refractivity contribution in [3.63, 3.8) is 0 Å². The van der Waals surface area contributed by atoms with E-state index in [-0.39, 0.29) is 12.2 Å². The van der Waals surface area contributed by atoms with Crippen molar-refractivity contribution in [1.82, 2.24) is 0 Å². The second-order valence-corrected chi connectivity index (χ2v) is 10.6. The summed E-state index contributed by atoms with van der Waals surface area (Å²) in [5.74, 6) is -0.585. The molecule has 4 rings (SSSR count). The molecule has 0 aliphatic carbocycles. The lowest BCUT2D eigenvalue weighted by atomic mass is 10.0. The number of thiophene rings is 1. The van der Waals surface area contributed by atoms with Gasteiger partial charge in [-0.2, -0.15) is 5.26 Å². The van der Waals surface area contributed by atoms with Crippen LogP contribution in [0.5, 0.6) is 5.75 Å². The van der Waals surface area contributed by atoms with E-state index in [9.17, 15) is 14.9 Å². The van der Waals surface area contributed by atoms with Gasteiger partial charge in [0.25, 0.3) is 5.91 Å². The summed E-state index contributed by atoms with van der Waals surface area (Å²) in [5, 5.41) is 14.8. The first-order valence-corrected chi connectivity index (χ1v) is 13.5. The van der Waals surface area contributed by atoms with E-state index in [0.717, 1.165) is 31.2 Å². The fourth-order valence-electron chi connectivity index (χ4n) is 3.92. The molecule has 0 atom stereocenters. The van der Waals surface area contributed by atoms with Crippen LogP contribution in [0.15, 0.2) is 70.7 Å². The van der Waals surface area contributed by atoms with E-state index in [2.05, 4.69) is 21.2 Å². The molecule has 8 heteroatoms. The van der Waals surface area contributed by atoms with Gasteiger partial charge < -0.3 is 14.8 Å². The van der Waals surface area contributed by atoms with Crippen molar-refractivity contribution in [3.8, 4) is 11.8 Å². The Morgan fingerprint density at radius 2 is 1.82 bits per heavy atom. The van der Waals surface area contributed by atoms with Crippen LogP contribution in [-0.4, -0.2) is 18.5 Å². The van der Waals surface area contributed by atoms with Gasteiger partial charge in [-0.1, -0.05) is 58.4 Å². The summed E-state index contributed by atoms with van der Waals surface area (Å²) in [5.41, 5.74) is 2.53. The Labute approximate surface area is 233 Å². The molecule has 0 saturated heterocycles. The van der Waals surface area contributed by atoms with Gasteiger partial charge in [0.05, 0.1) is 12.2 Å². The molecule has 192 valence electrons. The highest BCUT2D eigenvalue weighted by molar-refractivity contribution is 9.10. The fourth-order valence-corrected chi connectivity index (χ4v) is 5.23. The summed E-state index contributed by atoms with van der Waals surface area (Å²) in [6.07, 6.45) is 1.53. The third kappa shape index (κ3) is 5.96. The first-order valence-electron chi connectivity index (χ1n) is 11.9. The van der Waals surface area contributed by atoms with Gasteiger partial charge in [0, 0.05) is 14.9 Å². The maximum absolute atomic E-state index is 13.3. The molecule has 0 radical (unpaired) electrons. The van der Waals surface area contributed by atoms with E-state index in [4.69, 9.17) is 9.47 Å². The Balaban J connectivity index is 1.70. The number of ether oxygens (including phenoxy) is 2. The molecule has 0 unspecified atom stereocenters. The van der Waals surface area contributed by atoms with E-state index < -0.39 is 11.9 Å². The predicted molar refractivity (Wildman–Crippen MR) is 154 cm³/mol. The molecular weight excluding hydrogens is 564 g/mol. The molecule has 1 aromatic heterocycles. The van der Waals surface area contributed by atoms with E-state index in [0.29, 0.717) is 28.5 Å². The molecule has 1 heterocycles. The molecule has 0 aliphatic heterocycles. The number of nitriles is 1.